The Hall–Kier alpha value is -3.33. The highest BCUT2D eigenvalue weighted by Crippen LogP contribution is 2.29. The van der Waals surface area contributed by atoms with Crippen molar-refractivity contribution in [1.82, 2.24) is 25.4 Å². The molecule has 3 N–H and O–H groups in total. The van der Waals surface area contributed by atoms with Crippen LogP contribution >= 0.6 is 0 Å². The third-order valence-electron chi connectivity index (χ3n) is 6.62. The highest BCUT2D eigenvalue weighted by atomic mass is 16.4. The van der Waals surface area contributed by atoms with Gasteiger partial charge < -0.3 is 24.6 Å². The molecule has 9 nitrogen and oxygen atoms in total. The van der Waals surface area contributed by atoms with Crippen LogP contribution in [0.3, 0.4) is 0 Å². The number of amides is 2. The molecular formula is C24H29N5O4. The van der Waals surface area contributed by atoms with Gasteiger partial charge in [0.05, 0.1) is 30.6 Å². The van der Waals surface area contributed by atoms with Crippen LogP contribution in [0.5, 0.6) is 0 Å². The quantitative estimate of drug-likeness (QED) is 0.566. The summed E-state index contributed by atoms with van der Waals surface area (Å²) in [5, 5.41) is 17.4. The molecule has 2 aromatic heterocycles. The van der Waals surface area contributed by atoms with E-state index in [4.69, 9.17) is 4.42 Å². The third kappa shape index (κ3) is 4.59. The molecule has 3 aliphatic rings. The number of carboxylic acid groups (broad SMARTS) is 1. The molecule has 0 aliphatic carbocycles. The fourth-order valence-corrected chi connectivity index (χ4v) is 4.88. The molecule has 0 radical (unpaired) electrons. The molecular weight excluding hydrogens is 422 g/mol. The maximum atomic E-state index is 13.1. The van der Waals surface area contributed by atoms with Crippen molar-refractivity contribution in [3.05, 3.63) is 53.6 Å². The van der Waals surface area contributed by atoms with Crippen LogP contribution in [-0.4, -0.2) is 64.2 Å². The number of urea groups is 1. The number of aliphatic carboxylic acids is 1. The maximum absolute atomic E-state index is 13.1. The van der Waals surface area contributed by atoms with E-state index >= 15 is 0 Å². The van der Waals surface area contributed by atoms with Crippen LogP contribution in [0.1, 0.15) is 43.8 Å². The van der Waals surface area contributed by atoms with Crippen molar-refractivity contribution in [2.75, 3.05) is 26.2 Å². The molecule has 0 saturated carbocycles. The number of nitrogens with zero attached hydrogens (tertiary/aromatic N) is 3. The summed E-state index contributed by atoms with van der Waals surface area (Å²) in [5.41, 5.74) is 3.57. The van der Waals surface area contributed by atoms with Crippen molar-refractivity contribution in [1.29, 1.82) is 0 Å². The first-order valence-corrected chi connectivity index (χ1v) is 11.6. The zero-order chi connectivity index (χ0) is 22.8. The first kappa shape index (κ1) is 21.5. The van der Waals surface area contributed by atoms with Gasteiger partial charge in [0.15, 0.2) is 0 Å². The Balaban J connectivity index is 1.21. The van der Waals surface area contributed by atoms with Crippen molar-refractivity contribution < 1.29 is 19.1 Å². The van der Waals surface area contributed by atoms with Gasteiger partial charge in [-0.3, -0.25) is 10.1 Å². The molecule has 2 unspecified atom stereocenters. The second-order valence-electron chi connectivity index (χ2n) is 8.80. The van der Waals surface area contributed by atoms with E-state index in [1.165, 1.54) is 17.7 Å². The molecule has 174 valence electrons. The van der Waals surface area contributed by atoms with Crippen LogP contribution in [0.2, 0.25) is 0 Å². The van der Waals surface area contributed by atoms with E-state index in [-0.39, 0.29) is 18.6 Å². The largest absolute Gasteiger partial charge is 0.481 e. The summed E-state index contributed by atoms with van der Waals surface area (Å²) in [7, 11) is 0. The molecule has 0 spiro atoms. The number of piperidine rings is 1. The molecule has 0 aromatic carbocycles. The van der Waals surface area contributed by atoms with E-state index in [0.29, 0.717) is 31.0 Å². The number of fused-ring (bicyclic) bond motifs is 2. The first-order chi connectivity index (χ1) is 16.1. The van der Waals surface area contributed by atoms with Crippen LogP contribution in [-0.2, 0) is 4.79 Å². The van der Waals surface area contributed by atoms with E-state index in [1.54, 1.807) is 23.3 Å². The monoisotopic (exact) mass is 451 g/mol. The maximum Gasteiger partial charge on any atom is 0.320 e. The van der Waals surface area contributed by atoms with E-state index in [1.807, 2.05) is 11.0 Å². The van der Waals surface area contributed by atoms with Gasteiger partial charge in [0.2, 0.25) is 5.71 Å². The lowest BCUT2D eigenvalue weighted by Crippen LogP contribution is -2.47. The average Bonchev–Trinajstić information content (AvgIpc) is 3.43. The Bertz CT molecular complexity index is 1110. The number of aromatic nitrogens is 1. The Morgan fingerprint density at radius 3 is 3.06 bits per heavy atom. The summed E-state index contributed by atoms with van der Waals surface area (Å²) in [6.07, 6.45) is 9.96. The molecule has 5 heterocycles. The number of rotatable bonds is 8. The van der Waals surface area contributed by atoms with Crippen LogP contribution < -0.4 is 10.6 Å². The van der Waals surface area contributed by atoms with E-state index in [9.17, 15) is 14.7 Å². The number of carbonyl (C=O) groups is 2. The number of dihydropyridines is 1. The second kappa shape index (κ2) is 9.27. The van der Waals surface area contributed by atoms with E-state index in [2.05, 4.69) is 27.8 Å². The lowest BCUT2D eigenvalue weighted by molar-refractivity contribution is -0.138. The number of allylic oxidation sites excluding steroid dienone is 3. The zero-order valence-corrected chi connectivity index (χ0v) is 18.5. The van der Waals surface area contributed by atoms with E-state index in [0.717, 1.165) is 31.2 Å². The van der Waals surface area contributed by atoms with Crippen LogP contribution in [0.15, 0.2) is 52.3 Å². The standard InChI is InChI=1S/C24H29N5O4/c30-21(31)15-20(19-8-6-17-9-14-33-23(17)27-19)29-13-12-28(24(29)32)11-2-4-18-7-5-16-3-1-10-25-22(16)26-18/h5-9,14,20,22,25-26H,1-4,10-13,15H2,(H,30,31). The first-order valence-electron chi connectivity index (χ1n) is 11.6. The summed E-state index contributed by atoms with van der Waals surface area (Å²) in [6.45, 7) is 2.72. The van der Waals surface area contributed by atoms with Gasteiger partial charge in [0.1, 0.15) is 0 Å². The van der Waals surface area contributed by atoms with Crippen molar-refractivity contribution in [3.63, 3.8) is 0 Å². The molecule has 2 saturated heterocycles. The number of furan rings is 1. The molecule has 9 heteroatoms. The Morgan fingerprint density at radius 1 is 1.27 bits per heavy atom. The van der Waals surface area contributed by atoms with Crippen LogP contribution in [0, 0.1) is 0 Å². The molecule has 2 aromatic rings. The fraction of sp³-hybridized carbons (Fsp3) is 0.458. The Labute approximate surface area is 192 Å². The molecule has 3 aliphatic heterocycles. The van der Waals surface area contributed by atoms with Gasteiger partial charge in [-0.25, -0.2) is 9.78 Å². The van der Waals surface area contributed by atoms with Gasteiger partial charge in [-0.15, -0.1) is 0 Å². The molecule has 5 rings (SSSR count). The van der Waals surface area contributed by atoms with Crippen molar-refractivity contribution >= 4 is 23.1 Å². The predicted octanol–water partition coefficient (Wildman–Crippen LogP) is 2.98. The van der Waals surface area contributed by atoms with Crippen molar-refractivity contribution in [3.8, 4) is 0 Å². The number of carboxylic acids is 1. The normalized spacial score (nSPS) is 21.5. The summed E-state index contributed by atoms with van der Waals surface area (Å²) in [4.78, 5) is 32.6. The summed E-state index contributed by atoms with van der Waals surface area (Å²) in [6, 6.07) is 4.67. The van der Waals surface area contributed by atoms with Gasteiger partial charge in [0, 0.05) is 30.7 Å². The second-order valence-corrected chi connectivity index (χ2v) is 8.80. The number of nitrogens with one attached hydrogen (secondary N) is 2. The van der Waals surface area contributed by atoms with Gasteiger partial charge in [-0.05, 0) is 62.1 Å². The van der Waals surface area contributed by atoms with Gasteiger partial charge in [0.25, 0.3) is 0 Å². The number of hydrogen-bond acceptors (Lipinski definition) is 6. The van der Waals surface area contributed by atoms with E-state index < -0.39 is 12.0 Å². The lowest BCUT2D eigenvalue weighted by Gasteiger charge is -2.32. The lowest BCUT2D eigenvalue weighted by atomic mass is 9.99. The number of pyridine rings is 1. The average molecular weight is 452 g/mol. The van der Waals surface area contributed by atoms with Gasteiger partial charge in [-0.1, -0.05) is 6.08 Å². The molecule has 33 heavy (non-hydrogen) atoms. The van der Waals surface area contributed by atoms with Crippen LogP contribution in [0.25, 0.3) is 11.1 Å². The van der Waals surface area contributed by atoms with Crippen molar-refractivity contribution in [2.45, 2.75) is 44.3 Å². The molecule has 2 atom stereocenters. The highest BCUT2D eigenvalue weighted by Gasteiger charge is 2.36. The van der Waals surface area contributed by atoms with Gasteiger partial charge in [-0.2, -0.15) is 0 Å². The highest BCUT2D eigenvalue weighted by molar-refractivity contribution is 5.79. The molecule has 2 fully saturated rings. The fourth-order valence-electron chi connectivity index (χ4n) is 4.88. The molecule has 0 bridgehead atoms. The predicted molar refractivity (Wildman–Crippen MR) is 122 cm³/mol. The zero-order valence-electron chi connectivity index (χ0n) is 18.5. The Morgan fingerprint density at radius 2 is 2.18 bits per heavy atom. The minimum absolute atomic E-state index is 0.135. The van der Waals surface area contributed by atoms with Crippen LogP contribution in [0.4, 0.5) is 4.79 Å². The smallest absolute Gasteiger partial charge is 0.320 e. The SMILES string of the molecule is O=C(O)CC(c1ccc2ccoc2n1)N1CCN(CCCC2=CC=C3CCCNC3N2)C1=O. The molecule has 2 amide bonds. The summed E-state index contributed by atoms with van der Waals surface area (Å²) >= 11 is 0. The third-order valence-corrected chi connectivity index (χ3v) is 6.62. The Kier molecular flexibility index (Phi) is 6.04. The minimum atomic E-state index is -0.966. The number of hydrogen-bond donors (Lipinski definition) is 3. The summed E-state index contributed by atoms with van der Waals surface area (Å²) in [5.74, 6) is -0.966. The van der Waals surface area contributed by atoms with Crippen molar-refractivity contribution in [2.24, 2.45) is 0 Å². The topological polar surface area (TPSA) is 111 Å². The summed E-state index contributed by atoms with van der Waals surface area (Å²) < 4.78 is 5.38. The minimum Gasteiger partial charge on any atom is -0.481 e. The number of carbonyl (C=O) groups excluding carboxylic acids is 1. The van der Waals surface area contributed by atoms with Gasteiger partial charge >= 0.3 is 12.0 Å².